The van der Waals surface area contributed by atoms with Crippen molar-refractivity contribution in [2.24, 2.45) is 4.99 Å². The molecule has 3 amide bonds. The number of carboxylic acids is 1. The van der Waals surface area contributed by atoms with Crippen LogP contribution in [0.15, 0.2) is 114 Å². The van der Waals surface area contributed by atoms with Crippen LogP contribution >= 0.6 is 0 Å². The third-order valence-corrected chi connectivity index (χ3v) is 9.38. The van der Waals surface area contributed by atoms with Crippen molar-refractivity contribution in [3.05, 3.63) is 137 Å². The quantitative estimate of drug-likeness (QED) is 0.155. The third kappa shape index (κ3) is 8.80. The Kier molecular flexibility index (Phi) is 11.3. The monoisotopic (exact) mass is 726 g/mol. The van der Waals surface area contributed by atoms with Gasteiger partial charge in [0.2, 0.25) is 11.8 Å². The van der Waals surface area contributed by atoms with Crippen molar-refractivity contribution < 1.29 is 42.2 Å². The van der Waals surface area contributed by atoms with Crippen LogP contribution in [0.3, 0.4) is 0 Å². The number of aliphatic imine (C=N–C) groups is 1. The molecule has 0 unspecified atom stereocenters. The second kappa shape index (κ2) is 16.2. The number of imide groups is 1. The highest BCUT2D eigenvalue weighted by molar-refractivity contribution is 6.18. The Morgan fingerprint density at radius 2 is 1.60 bits per heavy atom. The number of hydrogen-bond donors (Lipinski definition) is 2. The summed E-state index contributed by atoms with van der Waals surface area (Å²) in [5.74, 6) is -4.03. The zero-order chi connectivity index (χ0) is 37.5. The lowest BCUT2D eigenvalue weighted by atomic mass is 9.86. The van der Waals surface area contributed by atoms with Crippen molar-refractivity contribution in [3.63, 3.8) is 0 Å². The number of hydrogen-bond acceptors (Lipinski definition) is 7. The summed E-state index contributed by atoms with van der Waals surface area (Å²) in [5.41, 5.74) is 1.23. The minimum Gasteiger partial charge on any atom is -0.480 e. The number of para-hydroxylation sites is 1. The maximum Gasteiger partial charge on any atom is 0.416 e. The first kappa shape index (κ1) is 37.0. The zero-order valence-corrected chi connectivity index (χ0v) is 28.5. The van der Waals surface area contributed by atoms with Crippen LogP contribution in [-0.4, -0.2) is 76.3 Å². The van der Waals surface area contributed by atoms with Gasteiger partial charge in [0, 0.05) is 30.0 Å². The van der Waals surface area contributed by atoms with Crippen LogP contribution in [0.25, 0.3) is 0 Å². The molecule has 6 rings (SSSR count). The van der Waals surface area contributed by atoms with E-state index in [1.165, 1.54) is 6.07 Å². The highest BCUT2D eigenvalue weighted by Gasteiger charge is 2.38. The number of rotatable bonds is 12. The molecular weight excluding hydrogens is 689 g/mol. The first-order valence-corrected chi connectivity index (χ1v) is 17.2. The molecule has 2 N–H and O–H groups in total. The number of carboxylic acid groups (broad SMARTS) is 1. The van der Waals surface area contributed by atoms with Crippen LogP contribution in [0.5, 0.6) is 0 Å². The molecule has 3 atom stereocenters. The zero-order valence-electron chi connectivity index (χ0n) is 28.5. The highest BCUT2D eigenvalue weighted by atomic mass is 19.4. The lowest BCUT2D eigenvalue weighted by Crippen LogP contribution is -2.39. The van der Waals surface area contributed by atoms with Crippen molar-refractivity contribution in [3.8, 4) is 0 Å². The molecule has 2 saturated heterocycles. The second-order valence-electron chi connectivity index (χ2n) is 12.9. The van der Waals surface area contributed by atoms with E-state index in [0.717, 1.165) is 41.6 Å². The first-order valence-electron chi connectivity index (χ1n) is 17.2. The predicted octanol–water partition coefficient (Wildman–Crippen LogP) is 6.75. The van der Waals surface area contributed by atoms with Gasteiger partial charge in [0.25, 0.3) is 0 Å². The minimum absolute atomic E-state index is 0.0646. The Balaban J connectivity index is 1.40. The molecule has 0 aromatic heterocycles. The number of benzene rings is 4. The number of likely N-dealkylation sites (tertiary alicyclic amines) is 1. The summed E-state index contributed by atoms with van der Waals surface area (Å²) in [6.45, 7) is 1.17. The van der Waals surface area contributed by atoms with Gasteiger partial charge in [-0.1, -0.05) is 97.1 Å². The van der Waals surface area contributed by atoms with Crippen LogP contribution in [0, 0.1) is 0 Å². The Morgan fingerprint density at radius 3 is 2.28 bits per heavy atom. The summed E-state index contributed by atoms with van der Waals surface area (Å²) < 4.78 is 46.5. The molecule has 13 heteroatoms. The summed E-state index contributed by atoms with van der Waals surface area (Å²) in [7, 11) is 0. The molecule has 53 heavy (non-hydrogen) atoms. The number of alkyl halides is 3. The van der Waals surface area contributed by atoms with E-state index in [-0.39, 0.29) is 30.3 Å². The smallest absolute Gasteiger partial charge is 0.416 e. The second-order valence-corrected chi connectivity index (χ2v) is 12.9. The Morgan fingerprint density at radius 1 is 0.906 bits per heavy atom. The predicted molar refractivity (Wildman–Crippen MR) is 190 cm³/mol. The molecule has 2 heterocycles. The van der Waals surface area contributed by atoms with Gasteiger partial charge in [0.05, 0.1) is 29.5 Å². The van der Waals surface area contributed by atoms with Gasteiger partial charge in [0.15, 0.2) is 6.04 Å². The number of amides is 3. The van der Waals surface area contributed by atoms with E-state index < -0.39 is 54.1 Å². The summed E-state index contributed by atoms with van der Waals surface area (Å²) in [5, 5.41) is 13.7. The van der Waals surface area contributed by atoms with Gasteiger partial charge < -0.3 is 15.2 Å². The van der Waals surface area contributed by atoms with Gasteiger partial charge in [0.1, 0.15) is 6.61 Å². The number of cyclic esters (lactones) is 1. The number of anilines is 1. The Bertz CT molecular complexity index is 1990. The number of carbonyl (C=O) groups is 4. The molecule has 4 aromatic carbocycles. The van der Waals surface area contributed by atoms with Gasteiger partial charge in [-0.2, -0.15) is 13.2 Å². The molecule has 10 nitrogen and oxygen atoms in total. The number of nitrogens with one attached hydrogen (secondary N) is 1. The number of ether oxygens (including phenoxy) is 1. The summed E-state index contributed by atoms with van der Waals surface area (Å²) in [6.07, 6.45) is -4.87. The van der Waals surface area contributed by atoms with Crippen molar-refractivity contribution in [1.82, 2.24) is 9.80 Å². The first-order chi connectivity index (χ1) is 25.5. The highest BCUT2D eigenvalue weighted by Crippen LogP contribution is 2.35. The largest absolute Gasteiger partial charge is 0.480 e. The summed E-state index contributed by atoms with van der Waals surface area (Å²) in [6, 6.07) is 27.0. The SMILES string of the molecule is O=C(O)[C@H](N=C(c1ccccc1)c1ccccc1NC(=O)[C@@H]1CCCN1Cc1ccccc1)[C@@H](CC(=O)N1CCOC1=O)c1cccc(C(F)(F)F)c1. The molecule has 274 valence electrons. The van der Waals surface area contributed by atoms with Crippen LogP contribution in [0.4, 0.5) is 23.7 Å². The molecule has 0 spiro atoms. The standard InChI is InChI=1S/C40H37F3N4O6/c41-40(42,43)29-16-9-15-28(23-29)31(24-34(48)47-21-22-53-39(47)52)36(38(50)51)45-35(27-13-5-2-6-14-27)30-17-7-8-18-32(30)44-37(49)33-19-10-20-46(33)25-26-11-3-1-4-12-26/h1-9,11-18,23,31,33,36H,10,19-22,24-25H2,(H,44,49)(H,50,51)/t31-,33-,36+/m0/s1. The van der Waals surface area contributed by atoms with E-state index in [1.807, 2.05) is 30.3 Å². The summed E-state index contributed by atoms with van der Waals surface area (Å²) in [4.78, 5) is 60.3. The summed E-state index contributed by atoms with van der Waals surface area (Å²) >= 11 is 0. The van der Waals surface area contributed by atoms with Crippen molar-refractivity contribution in [2.75, 3.05) is 25.0 Å². The van der Waals surface area contributed by atoms with E-state index in [0.29, 0.717) is 29.8 Å². The lowest BCUT2D eigenvalue weighted by molar-refractivity contribution is -0.139. The Hall–Kier alpha value is -5.82. The normalized spacial score (nSPS) is 17.6. The average Bonchev–Trinajstić information content (AvgIpc) is 3.81. The molecular formula is C40H37F3N4O6. The molecule has 0 bridgehead atoms. The Labute approximate surface area is 303 Å². The van der Waals surface area contributed by atoms with Gasteiger partial charge in [-0.3, -0.25) is 19.5 Å². The number of carbonyl (C=O) groups excluding carboxylic acids is 3. The van der Waals surface area contributed by atoms with Gasteiger partial charge in [-0.05, 0) is 42.6 Å². The molecule has 4 aromatic rings. The van der Waals surface area contributed by atoms with E-state index >= 15 is 0 Å². The maximum absolute atomic E-state index is 13.9. The van der Waals surface area contributed by atoms with Crippen LogP contribution in [-0.2, 0) is 31.8 Å². The molecule has 0 saturated carbocycles. The van der Waals surface area contributed by atoms with E-state index in [9.17, 15) is 37.5 Å². The van der Waals surface area contributed by atoms with E-state index in [2.05, 4.69) is 10.2 Å². The maximum atomic E-state index is 13.9. The topological polar surface area (TPSA) is 129 Å². The van der Waals surface area contributed by atoms with Crippen molar-refractivity contribution >= 4 is 35.3 Å². The molecule has 0 radical (unpaired) electrons. The van der Waals surface area contributed by atoms with E-state index in [4.69, 9.17) is 9.73 Å². The minimum atomic E-state index is -4.76. The number of aliphatic carboxylic acids is 1. The number of halogens is 3. The molecule has 2 fully saturated rings. The fourth-order valence-corrected chi connectivity index (χ4v) is 6.77. The van der Waals surface area contributed by atoms with Gasteiger partial charge in [-0.25, -0.2) is 14.5 Å². The van der Waals surface area contributed by atoms with Crippen molar-refractivity contribution in [1.29, 1.82) is 0 Å². The van der Waals surface area contributed by atoms with Crippen LogP contribution < -0.4 is 5.32 Å². The fraction of sp³-hybridized carbons (Fsp3) is 0.275. The molecule has 0 aliphatic carbocycles. The third-order valence-electron chi connectivity index (χ3n) is 9.38. The molecule has 2 aliphatic heterocycles. The van der Waals surface area contributed by atoms with Crippen LogP contribution in [0.2, 0.25) is 0 Å². The van der Waals surface area contributed by atoms with Crippen LogP contribution in [0.1, 0.15) is 53.0 Å². The molecule has 2 aliphatic rings. The van der Waals surface area contributed by atoms with Gasteiger partial charge >= 0.3 is 18.2 Å². The average molecular weight is 727 g/mol. The van der Waals surface area contributed by atoms with E-state index in [1.54, 1.807) is 54.6 Å². The lowest BCUT2D eigenvalue weighted by Gasteiger charge is -2.26. The number of nitrogens with zero attached hydrogens (tertiary/aromatic N) is 3. The van der Waals surface area contributed by atoms with Crippen molar-refractivity contribution in [2.45, 2.75) is 50.0 Å². The van der Waals surface area contributed by atoms with Gasteiger partial charge in [-0.15, -0.1) is 0 Å². The fourth-order valence-electron chi connectivity index (χ4n) is 6.77.